The Labute approximate surface area is 223 Å². The molecule has 0 aliphatic carbocycles. The highest BCUT2D eigenvalue weighted by Gasteiger charge is 2.30. The van der Waals surface area contributed by atoms with Crippen LogP contribution in [0.5, 0.6) is 11.6 Å². The first-order chi connectivity index (χ1) is 19.2. The van der Waals surface area contributed by atoms with E-state index in [9.17, 15) is 26.7 Å². The number of alkyl halides is 4. The molecule has 1 N–H and O–H groups in total. The molecule has 3 heterocycles. The molecular formula is C27H21F5N6O2. The number of ether oxygens (including phenoxy) is 1. The molecular weight excluding hydrogens is 535 g/mol. The van der Waals surface area contributed by atoms with Gasteiger partial charge in [0.1, 0.15) is 11.6 Å². The highest BCUT2D eigenvalue weighted by Crippen LogP contribution is 2.30. The minimum atomic E-state index is -4.50. The topological polar surface area (TPSA) is 86.9 Å². The van der Waals surface area contributed by atoms with Crippen LogP contribution in [0.3, 0.4) is 0 Å². The van der Waals surface area contributed by atoms with Crippen LogP contribution in [0, 0.1) is 5.82 Å². The molecule has 0 aliphatic heterocycles. The number of nitrogens with one attached hydrogen (secondary N) is 1. The molecule has 0 radical (unpaired) electrons. The number of aryl methyl sites for hydroxylation is 1. The fourth-order valence-electron chi connectivity index (χ4n) is 3.98. The van der Waals surface area contributed by atoms with E-state index >= 15 is 0 Å². The highest BCUT2D eigenvalue weighted by atomic mass is 19.4. The van der Waals surface area contributed by atoms with Crippen LogP contribution in [0.4, 0.5) is 33.6 Å². The Bertz CT molecular complexity index is 1660. The molecule has 0 amide bonds. The number of benzene rings is 2. The Morgan fingerprint density at radius 3 is 2.35 bits per heavy atom. The molecule has 0 saturated heterocycles. The number of rotatable bonds is 9. The van der Waals surface area contributed by atoms with Gasteiger partial charge in [0.05, 0.1) is 25.1 Å². The molecule has 0 aliphatic rings. The zero-order valence-electron chi connectivity index (χ0n) is 20.7. The van der Waals surface area contributed by atoms with Crippen LogP contribution in [-0.2, 0) is 19.3 Å². The van der Waals surface area contributed by atoms with E-state index in [-0.39, 0.29) is 36.9 Å². The maximum atomic E-state index is 13.5. The number of nitrogens with zero attached hydrogens (tertiary/aromatic N) is 5. The Morgan fingerprint density at radius 2 is 1.70 bits per heavy atom. The summed E-state index contributed by atoms with van der Waals surface area (Å²) < 4.78 is 73.2. The monoisotopic (exact) mass is 556 g/mol. The van der Waals surface area contributed by atoms with Gasteiger partial charge in [-0.1, -0.05) is 12.1 Å². The Kier molecular flexibility index (Phi) is 7.45. The number of pyridine rings is 1. The molecule has 2 aromatic carbocycles. The largest absolute Gasteiger partial charge is 0.439 e. The lowest BCUT2D eigenvalue weighted by molar-refractivity contribution is -0.137. The zero-order valence-corrected chi connectivity index (χ0v) is 20.7. The van der Waals surface area contributed by atoms with Crippen molar-refractivity contribution in [2.75, 3.05) is 12.0 Å². The van der Waals surface area contributed by atoms with Gasteiger partial charge in [-0.3, -0.25) is 13.8 Å². The minimum absolute atomic E-state index is 0.0164. The molecule has 3 aromatic heterocycles. The van der Waals surface area contributed by atoms with Crippen molar-refractivity contribution in [3.8, 4) is 11.6 Å². The quantitative estimate of drug-likeness (QED) is 0.221. The van der Waals surface area contributed by atoms with Crippen LogP contribution in [-0.4, -0.2) is 30.8 Å². The fourth-order valence-corrected chi connectivity index (χ4v) is 3.98. The normalized spacial score (nSPS) is 11.6. The predicted molar refractivity (Wildman–Crippen MR) is 137 cm³/mol. The maximum Gasteiger partial charge on any atom is 0.417 e. The molecule has 0 spiro atoms. The number of hydrogen-bond donors (Lipinski definition) is 1. The fraction of sp³-hybridized carbons (Fsp3) is 0.185. The predicted octanol–water partition coefficient (Wildman–Crippen LogP) is 6.09. The van der Waals surface area contributed by atoms with Crippen LogP contribution >= 0.6 is 0 Å². The first-order valence-corrected chi connectivity index (χ1v) is 12.1. The molecule has 0 fully saturated rings. The minimum Gasteiger partial charge on any atom is -0.439 e. The summed E-state index contributed by atoms with van der Waals surface area (Å²) in [5.41, 5.74) is 0.333. The van der Waals surface area contributed by atoms with Crippen LogP contribution < -0.4 is 15.6 Å². The Morgan fingerprint density at radius 1 is 0.950 bits per heavy atom. The van der Waals surface area contributed by atoms with Crippen LogP contribution in [0.1, 0.15) is 17.5 Å². The Balaban J connectivity index is 1.42. The third kappa shape index (κ3) is 5.92. The van der Waals surface area contributed by atoms with E-state index in [1.165, 1.54) is 18.5 Å². The molecule has 40 heavy (non-hydrogen) atoms. The van der Waals surface area contributed by atoms with Crippen molar-refractivity contribution in [2.45, 2.75) is 25.7 Å². The molecule has 0 bridgehead atoms. The summed E-state index contributed by atoms with van der Waals surface area (Å²) in [4.78, 5) is 25.2. The van der Waals surface area contributed by atoms with Gasteiger partial charge in [0.15, 0.2) is 11.2 Å². The number of imidazole rings is 1. The number of fused-ring (bicyclic) bond motifs is 1. The van der Waals surface area contributed by atoms with Crippen molar-refractivity contribution in [1.82, 2.24) is 24.1 Å². The molecule has 5 aromatic rings. The second-order valence-electron chi connectivity index (χ2n) is 8.74. The smallest absolute Gasteiger partial charge is 0.417 e. The average molecular weight is 556 g/mol. The third-order valence-corrected chi connectivity index (χ3v) is 5.92. The van der Waals surface area contributed by atoms with Gasteiger partial charge in [0.2, 0.25) is 11.8 Å². The summed E-state index contributed by atoms with van der Waals surface area (Å²) in [6.45, 7) is -0.0963. The average Bonchev–Trinajstić information content (AvgIpc) is 3.36. The van der Waals surface area contributed by atoms with Crippen molar-refractivity contribution < 1.29 is 26.7 Å². The SMILES string of the molecule is O=c1nc(Nc2ccc(Oc3ccc(C(F)(F)F)cn3)cc2)n(Cc2ccc(F)cc2)c2ncn(CCCF)c12. The molecule has 13 heteroatoms. The number of anilines is 2. The second kappa shape index (κ2) is 11.1. The van der Waals surface area contributed by atoms with Gasteiger partial charge in [0, 0.05) is 24.5 Å². The van der Waals surface area contributed by atoms with Crippen molar-refractivity contribution in [2.24, 2.45) is 0 Å². The third-order valence-electron chi connectivity index (χ3n) is 5.92. The first kappa shape index (κ1) is 26.8. The van der Waals surface area contributed by atoms with E-state index in [4.69, 9.17) is 4.74 Å². The summed E-state index contributed by atoms with van der Waals surface area (Å²) in [7, 11) is 0. The lowest BCUT2D eigenvalue weighted by Gasteiger charge is -2.16. The molecule has 5 rings (SSSR count). The summed E-state index contributed by atoms with van der Waals surface area (Å²) in [6, 6.07) is 14.2. The lowest BCUT2D eigenvalue weighted by Crippen LogP contribution is -2.20. The van der Waals surface area contributed by atoms with Gasteiger partial charge in [-0.2, -0.15) is 18.2 Å². The molecule has 0 saturated carbocycles. The van der Waals surface area contributed by atoms with E-state index in [0.717, 1.165) is 17.7 Å². The van der Waals surface area contributed by atoms with Gasteiger partial charge in [-0.25, -0.2) is 14.4 Å². The van der Waals surface area contributed by atoms with Crippen LogP contribution in [0.15, 0.2) is 78.0 Å². The van der Waals surface area contributed by atoms with E-state index < -0.39 is 29.8 Å². The van der Waals surface area contributed by atoms with E-state index in [2.05, 4.69) is 20.3 Å². The van der Waals surface area contributed by atoms with Crippen molar-refractivity contribution in [3.05, 3.63) is 100 Å². The van der Waals surface area contributed by atoms with Crippen molar-refractivity contribution in [1.29, 1.82) is 0 Å². The van der Waals surface area contributed by atoms with Gasteiger partial charge in [0.25, 0.3) is 0 Å². The summed E-state index contributed by atoms with van der Waals surface area (Å²) in [5.74, 6) is 0.0686. The van der Waals surface area contributed by atoms with Gasteiger partial charge in [-0.15, -0.1) is 0 Å². The van der Waals surface area contributed by atoms with E-state index in [1.807, 2.05) is 0 Å². The molecule has 206 valence electrons. The summed E-state index contributed by atoms with van der Waals surface area (Å²) >= 11 is 0. The standard InChI is InChI=1S/C27H21F5N6O2/c28-12-1-13-37-16-34-24-23(37)25(39)36-26(38(24)15-17-2-5-19(29)6-3-17)35-20-7-9-21(10-8-20)40-22-11-4-18(14-33-22)27(30,31)32/h2-11,14,16H,1,12-13,15H2,(H,35,36,39). The maximum absolute atomic E-state index is 13.5. The van der Waals surface area contributed by atoms with Crippen molar-refractivity contribution >= 4 is 22.8 Å². The first-order valence-electron chi connectivity index (χ1n) is 12.1. The highest BCUT2D eigenvalue weighted by molar-refractivity contribution is 5.73. The Hall–Kier alpha value is -4.81. The van der Waals surface area contributed by atoms with Gasteiger partial charge < -0.3 is 14.6 Å². The van der Waals surface area contributed by atoms with Gasteiger partial charge >= 0.3 is 11.7 Å². The molecule has 0 unspecified atom stereocenters. The van der Waals surface area contributed by atoms with Crippen molar-refractivity contribution in [3.63, 3.8) is 0 Å². The van der Waals surface area contributed by atoms with Crippen LogP contribution in [0.25, 0.3) is 11.2 Å². The van der Waals surface area contributed by atoms with E-state index in [1.54, 1.807) is 45.5 Å². The lowest BCUT2D eigenvalue weighted by atomic mass is 10.2. The number of hydrogen-bond acceptors (Lipinski definition) is 6. The molecule has 8 nitrogen and oxygen atoms in total. The molecule has 0 atom stereocenters. The zero-order chi connectivity index (χ0) is 28.3. The number of aromatic nitrogens is 5. The summed E-state index contributed by atoms with van der Waals surface area (Å²) in [5, 5.41) is 3.08. The van der Waals surface area contributed by atoms with E-state index in [0.29, 0.717) is 23.3 Å². The number of halogens is 5. The van der Waals surface area contributed by atoms with Gasteiger partial charge in [-0.05, 0) is 54.4 Å². The van der Waals surface area contributed by atoms with Crippen LogP contribution in [0.2, 0.25) is 0 Å². The second-order valence-corrected chi connectivity index (χ2v) is 8.74. The summed E-state index contributed by atoms with van der Waals surface area (Å²) in [6.07, 6.45) is -2.15.